The van der Waals surface area contributed by atoms with Gasteiger partial charge in [0, 0.05) is 0 Å². The molecule has 0 saturated heterocycles. The normalized spacial score (nSPS) is 14.7. The topological polar surface area (TPSA) is 72.8 Å². The Morgan fingerprint density at radius 2 is 1.50 bits per heavy atom. The van der Waals surface area contributed by atoms with Gasteiger partial charge in [0.1, 0.15) is 6.10 Å². The number of aliphatic hydroxyl groups excluding tert-OH is 1. The van der Waals surface area contributed by atoms with E-state index in [1.807, 2.05) is 0 Å². The first kappa shape index (κ1) is 12.9. The van der Waals surface area contributed by atoms with Crippen LogP contribution in [0.4, 0.5) is 0 Å². The lowest BCUT2D eigenvalue weighted by molar-refractivity contribution is -0.173. The Hall–Kier alpha value is -1.10. The standard InChI is InChI=1S/C9H16O5/c1-5(2)13-9(12)7(4)14-8(11)6(3)10/h5-7,10H,1-4H3/t6-,7-/m0/s1. The molecule has 0 aromatic carbocycles. The molecule has 0 aromatic rings. The first-order chi connectivity index (χ1) is 6.34. The van der Waals surface area contributed by atoms with Crippen molar-refractivity contribution in [3.8, 4) is 0 Å². The van der Waals surface area contributed by atoms with Crippen LogP contribution >= 0.6 is 0 Å². The number of carbonyl (C=O) groups is 2. The molecule has 0 aliphatic rings. The van der Waals surface area contributed by atoms with E-state index in [0.29, 0.717) is 0 Å². The van der Waals surface area contributed by atoms with E-state index < -0.39 is 24.1 Å². The monoisotopic (exact) mass is 204 g/mol. The molecule has 82 valence electrons. The van der Waals surface area contributed by atoms with Crippen LogP contribution in [0.25, 0.3) is 0 Å². The van der Waals surface area contributed by atoms with E-state index in [9.17, 15) is 9.59 Å². The first-order valence-corrected chi connectivity index (χ1v) is 4.43. The summed E-state index contributed by atoms with van der Waals surface area (Å²) in [6.45, 7) is 6.05. The summed E-state index contributed by atoms with van der Waals surface area (Å²) in [7, 11) is 0. The Labute approximate surface area is 83.0 Å². The molecule has 1 N–H and O–H groups in total. The van der Waals surface area contributed by atoms with Gasteiger partial charge in [0.2, 0.25) is 0 Å². The molecule has 0 unspecified atom stereocenters. The van der Waals surface area contributed by atoms with E-state index in [1.165, 1.54) is 13.8 Å². The van der Waals surface area contributed by atoms with Gasteiger partial charge in [0.05, 0.1) is 6.10 Å². The zero-order valence-corrected chi connectivity index (χ0v) is 8.81. The Balaban J connectivity index is 4.01. The van der Waals surface area contributed by atoms with Gasteiger partial charge in [-0.05, 0) is 27.7 Å². The summed E-state index contributed by atoms with van der Waals surface area (Å²) in [4.78, 5) is 22.0. The third-order valence-electron chi connectivity index (χ3n) is 1.32. The Bertz CT molecular complexity index is 209. The van der Waals surface area contributed by atoms with Gasteiger partial charge < -0.3 is 14.6 Å². The van der Waals surface area contributed by atoms with Gasteiger partial charge in [0.25, 0.3) is 0 Å². The largest absolute Gasteiger partial charge is 0.460 e. The van der Waals surface area contributed by atoms with Crippen LogP contribution in [0.1, 0.15) is 27.7 Å². The second-order valence-electron chi connectivity index (χ2n) is 3.24. The van der Waals surface area contributed by atoms with Crippen molar-refractivity contribution in [2.75, 3.05) is 0 Å². The number of carbonyl (C=O) groups excluding carboxylic acids is 2. The number of hydrogen-bond acceptors (Lipinski definition) is 5. The average Bonchev–Trinajstić information content (AvgIpc) is 2.02. The molecule has 2 atom stereocenters. The molecule has 0 radical (unpaired) electrons. The number of ether oxygens (including phenoxy) is 2. The van der Waals surface area contributed by atoms with Crippen LogP contribution in [0.15, 0.2) is 0 Å². The molecule has 0 aromatic heterocycles. The fourth-order valence-electron chi connectivity index (χ4n) is 0.649. The summed E-state index contributed by atoms with van der Waals surface area (Å²) in [6.07, 6.45) is -2.47. The van der Waals surface area contributed by atoms with Crippen LogP contribution in [0.5, 0.6) is 0 Å². The molecule has 0 fully saturated rings. The predicted molar refractivity (Wildman–Crippen MR) is 48.5 cm³/mol. The van der Waals surface area contributed by atoms with E-state index in [0.717, 1.165) is 0 Å². The summed E-state index contributed by atoms with van der Waals surface area (Å²) >= 11 is 0. The molecule has 5 heteroatoms. The highest BCUT2D eigenvalue weighted by atomic mass is 16.6. The molecule has 0 aliphatic heterocycles. The van der Waals surface area contributed by atoms with Crippen molar-refractivity contribution in [2.24, 2.45) is 0 Å². The number of hydrogen-bond donors (Lipinski definition) is 1. The first-order valence-electron chi connectivity index (χ1n) is 4.43. The van der Waals surface area contributed by atoms with Crippen LogP contribution < -0.4 is 0 Å². The summed E-state index contributed by atoms with van der Waals surface area (Å²) in [5, 5.41) is 8.81. The van der Waals surface area contributed by atoms with Crippen LogP contribution in [-0.2, 0) is 19.1 Å². The predicted octanol–water partition coefficient (Wildman–Crippen LogP) is 0.251. The smallest absolute Gasteiger partial charge is 0.347 e. The van der Waals surface area contributed by atoms with Crippen molar-refractivity contribution in [1.82, 2.24) is 0 Å². The third-order valence-corrected chi connectivity index (χ3v) is 1.32. The van der Waals surface area contributed by atoms with Gasteiger partial charge in [-0.25, -0.2) is 9.59 Å². The molecule has 0 bridgehead atoms. The molecule has 0 rings (SSSR count). The number of aliphatic hydroxyl groups is 1. The molecular formula is C9H16O5. The summed E-state index contributed by atoms with van der Waals surface area (Å²) < 4.78 is 9.41. The highest BCUT2D eigenvalue weighted by Crippen LogP contribution is 2.00. The Morgan fingerprint density at radius 1 is 1.00 bits per heavy atom. The summed E-state index contributed by atoms with van der Waals surface area (Å²) in [5.41, 5.74) is 0. The Kier molecular flexibility index (Phi) is 5.15. The SMILES string of the molecule is CC(C)OC(=O)[C@H](C)OC(=O)[C@H](C)O. The van der Waals surface area contributed by atoms with Crippen molar-refractivity contribution in [1.29, 1.82) is 0 Å². The highest BCUT2D eigenvalue weighted by molar-refractivity contribution is 5.80. The van der Waals surface area contributed by atoms with Crippen molar-refractivity contribution < 1.29 is 24.2 Å². The zero-order chi connectivity index (χ0) is 11.3. The lowest BCUT2D eigenvalue weighted by Crippen LogP contribution is -2.31. The summed E-state index contributed by atoms with van der Waals surface area (Å²) in [6, 6.07) is 0. The van der Waals surface area contributed by atoms with Crippen LogP contribution in [0, 0.1) is 0 Å². The molecule has 0 aliphatic carbocycles. The lowest BCUT2D eigenvalue weighted by Gasteiger charge is -2.15. The van der Waals surface area contributed by atoms with E-state index in [4.69, 9.17) is 9.84 Å². The van der Waals surface area contributed by atoms with Crippen LogP contribution in [0.2, 0.25) is 0 Å². The van der Waals surface area contributed by atoms with Gasteiger partial charge in [-0.2, -0.15) is 0 Å². The van der Waals surface area contributed by atoms with Gasteiger partial charge in [0.15, 0.2) is 6.10 Å². The van der Waals surface area contributed by atoms with Gasteiger partial charge in [-0.1, -0.05) is 0 Å². The van der Waals surface area contributed by atoms with Crippen molar-refractivity contribution in [2.45, 2.75) is 46.0 Å². The quantitative estimate of drug-likeness (QED) is 0.664. The minimum absolute atomic E-state index is 0.254. The molecule has 0 amide bonds. The Morgan fingerprint density at radius 3 is 1.86 bits per heavy atom. The van der Waals surface area contributed by atoms with Crippen molar-refractivity contribution >= 4 is 11.9 Å². The van der Waals surface area contributed by atoms with Crippen LogP contribution in [0.3, 0.4) is 0 Å². The fourth-order valence-corrected chi connectivity index (χ4v) is 0.649. The lowest BCUT2D eigenvalue weighted by atomic mass is 10.3. The van der Waals surface area contributed by atoms with Crippen LogP contribution in [-0.4, -0.2) is 35.4 Å². The van der Waals surface area contributed by atoms with E-state index in [1.54, 1.807) is 13.8 Å². The molecule has 14 heavy (non-hydrogen) atoms. The fraction of sp³-hybridized carbons (Fsp3) is 0.778. The second kappa shape index (κ2) is 5.59. The molecule has 5 nitrogen and oxygen atoms in total. The molecular weight excluding hydrogens is 188 g/mol. The number of rotatable bonds is 4. The molecule has 0 saturated carbocycles. The van der Waals surface area contributed by atoms with Gasteiger partial charge in [-0.3, -0.25) is 0 Å². The maximum atomic E-state index is 11.1. The van der Waals surface area contributed by atoms with Gasteiger partial charge >= 0.3 is 11.9 Å². The maximum Gasteiger partial charge on any atom is 0.347 e. The minimum Gasteiger partial charge on any atom is -0.460 e. The van der Waals surface area contributed by atoms with E-state index >= 15 is 0 Å². The maximum absolute atomic E-state index is 11.1. The van der Waals surface area contributed by atoms with Gasteiger partial charge in [-0.15, -0.1) is 0 Å². The second-order valence-corrected chi connectivity index (χ2v) is 3.24. The van der Waals surface area contributed by atoms with E-state index in [-0.39, 0.29) is 6.10 Å². The summed E-state index contributed by atoms with van der Waals surface area (Å²) in [5.74, 6) is -1.45. The number of esters is 2. The minimum atomic E-state index is -1.23. The van der Waals surface area contributed by atoms with Crippen molar-refractivity contribution in [3.63, 3.8) is 0 Å². The molecule has 0 spiro atoms. The van der Waals surface area contributed by atoms with Crippen molar-refractivity contribution in [3.05, 3.63) is 0 Å². The highest BCUT2D eigenvalue weighted by Gasteiger charge is 2.22. The average molecular weight is 204 g/mol. The van der Waals surface area contributed by atoms with E-state index in [2.05, 4.69) is 4.74 Å². The zero-order valence-electron chi connectivity index (χ0n) is 8.81. The third kappa shape index (κ3) is 4.81. The molecule has 0 heterocycles.